The lowest BCUT2D eigenvalue weighted by molar-refractivity contribution is -0.384. The molecule has 116 valence electrons. The van der Waals surface area contributed by atoms with Crippen molar-refractivity contribution in [3.05, 3.63) is 39.9 Å². The molecule has 1 aromatic rings. The van der Waals surface area contributed by atoms with E-state index in [1.807, 2.05) is 19.1 Å². The van der Waals surface area contributed by atoms with Crippen molar-refractivity contribution >= 4 is 5.69 Å². The van der Waals surface area contributed by atoms with Crippen LogP contribution in [0.25, 0.3) is 0 Å². The van der Waals surface area contributed by atoms with Gasteiger partial charge in [0.1, 0.15) is 0 Å². The number of non-ortho nitro benzene ring substituents is 1. The number of nitrogens with one attached hydrogen (secondary N) is 1. The Bertz CT molecular complexity index is 499. The number of nitro groups is 1. The third kappa shape index (κ3) is 3.24. The SMILES string of the molecule is CCOC1CC(NC(C)c2ccc([N+](=O)[O-])cc2)C1(C)C. The van der Waals surface area contributed by atoms with Crippen molar-refractivity contribution in [1.29, 1.82) is 0 Å². The molecule has 3 unspecified atom stereocenters. The lowest BCUT2D eigenvalue weighted by Crippen LogP contribution is -2.61. The Balaban J connectivity index is 1.96. The van der Waals surface area contributed by atoms with Gasteiger partial charge in [-0.3, -0.25) is 10.1 Å². The number of nitrogens with zero attached hydrogens (tertiary/aromatic N) is 1. The summed E-state index contributed by atoms with van der Waals surface area (Å²) in [6, 6.07) is 7.32. The van der Waals surface area contributed by atoms with Crippen molar-refractivity contribution in [3.8, 4) is 0 Å². The van der Waals surface area contributed by atoms with Crippen LogP contribution in [0, 0.1) is 15.5 Å². The van der Waals surface area contributed by atoms with Gasteiger partial charge in [-0.1, -0.05) is 26.0 Å². The van der Waals surface area contributed by atoms with Crippen LogP contribution in [0.2, 0.25) is 0 Å². The molecule has 0 saturated heterocycles. The highest BCUT2D eigenvalue weighted by molar-refractivity contribution is 5.34. The monoisotopic (exact) mass is 292 g/mol. The first-order valence-corrected chi connectivity index (χ1v) is 7.48. The van der Waals surface area contributed by atoms with E-state index in [1.165, 1.54) is 0 Å². The minimum absolute atomic E-state index is 0.116. The smallest absolute Gasteiger partial charge is 0.269 e. The molecule has 1 fully saturated rings. The zero-order valence-corrected chi connectivity index (χ0v) is 13.1. The Morgan fingerprint density at radius 2 is 2.05 bits per heavy atom. The summed E-state index contributed by atoms with van der Waals surface area (Å²) in [4.78, 5) is 10.3. The lowest BCUT2D eigenvalue weighted by Gasteiger charge is -2.52. The van der Waals surface area contributed by atoms with Gasteiger partial charge in [0.15, 0.2) is 0 Å². The molecule has 0 aromatic heterocycles. The maximum absolute atomic E-state index is 10.7. The van der Waals surface area contributed by atoms with Crippen LogP contribution < -0.4 is 5.32 Å². The van der Waals surface area contributed by atoms with Gasteiger partial charge in [0.2, 0.25) is 0 Å². The molecular formula is C16H24N2O3. The Morgan fingerprint density at radius 1 is 1.43 bits per heavy atom. The number of benzene rings is 1. The second-order valence-electron chi connectivity index (χ2n) is 6.29. The number of hydrogen-bond donors (Lipinski definition) is 1. The van der Waals surface area contributed by atoms with Gasteiger partial charge in [-0.2, -0.15) is 0 Å². The van der Waals surface area contributed by atoms with E-state index in [2.05, 4.69) is 26.1 Å². The van der Waals surface area contributed by atoms with Gasteiger partial charge in [0.05, 0.1) is 11.0 Å². The Hall–Kier alpha value is -1.46. The van der Waals surface area contributed by atoms with Gasteiger partial charge in [-0.15, -0.1) is 0 Å². The van der Waals surface area contributed by atoms with E-state index >= 15 is 0 Å². The van der Waals surface area contributed by atoms with E-state index in [9.17, 15) is 10.1 Å². The molecular weight excluding hydrogens is 268 g/mol. The molecule has 1 aromatic carbocycles. The lowest BCUT2D eigenvalue weighted by atomic mass is 9.64. The van der Waals surface area contributed by atoms with Crippen LogP contribution in [-0.4, -0.2) is 23.7 Å². The minimum atomic E-state index is -0.371. The van der Waals surface area contributed by atoms with Crippen LogP contribution in [0.5, 0.6) is 0 Å². The minimum Gasteiger partial charge on any atom is -0.378 e. The summed E-state index contributed by atoms with van der Waals surface area (Å²) in [5.41, 5.74) is 1.31. The van der Waals surface area contributed by atoms with Crippen LogP contribution in [-0.2, 0) is 4.74 Å². The highest BCUT2D eigenvalue weighted by atomic mass is 16.6. The topological polar surface area (TPSA) is 64.4 Å². The highest BCUT2D eigenvalue weighted by Crippen LogP contribution is 2.43. The predicted octanol–water partition coefficient (Wildman–Crippen LogP) is 3.45. The standard InChI is InChI=1S/C16H24N2O3/c1-5-21-15-10-14(16(15,3)4)17-11(2)12-6-8-13(9-7-12)18(19)20/h6-9,11,14-15,17H,5,10H2,1-4H3. The molecule has 1 saturated carbocycles. The number of nitro benzene ring substituents is 1. The second-order valence-corrected chi connectivity index (χ2v) is 6.29. The summed E-state index contributed by atoms with van der Waals surface area (Å²) < 4.78 is 5.74. The molecule has 0 radical (unpaired) electrons. The summed E-state index contributed by atoms with van der Waals surface area (Å²) in [6.45, 7) is 9.30. The molecule has 1 aliphatic carbocycles. The predicted molar refractivity (Wildman–Crippen MR) is 82.2 cm³/mol. The fourth-order valence-electron chi connectivity index (χ4n) is 2.94. The van der Waals surface area contributed by atoms with E-state index in [0.29, 0.717) is 12.1 Å². The maximum Gasteiger partial charge on any atom is 0.269 e. The van der Waals surface area contributed by atoms with Gasteiger partial charge >= 0.3 is 0 Å². The van der Waals surface area contributed by atoms with E-state index in [0.717, 1.165) is 18.6 Å². The van der Waals surface area contributed by atoms with Crippen molar-refractivity contribution in [2.45, 2.75) is 52.3 Å². The van der Waals surface area contributed by atoms with Gasteiger partial charge in [0, 0.05) is 36.2 Å². The summed E-state index contributed by atoms with van der Waals surface area (Å²) >= 11 is 0. The van der Waals surface area contributed by atoms with Crippen molar-refractivity contribution in [3.63, 3.8) is 0 Å². The average Bonchev–Trinajstić information content (AvgIpc) is 2.46. The number of rotatable bonds is 6. The molecule has 1 N–H and O–H groups in total. The summed E-state index contributed by atoms with van der Waals surface area (Å²) in [5.74, 6) is 0. The Labute approximate surface area is 125 Å². The molecule has 0 amide bonds. The third-order valence-corrected chi connectivity index (χ3v) is 4.60. The maximum atomic E-state index is 10.7. The van der Waals surface area contributed by atoms with Gasteiger partial charge in [0.25, 0.3) is 5.69 Å². The molecule has 0 spiro atoms. The van der Waals surface area contributed by atoms with Crippen LogP contribution in [0.15, 0.2) is 24.3 Å². The van der Waals surface area contributed by atoms with E-state index in [-0.39, 0.29) is 22.1 Å². The van der Waals surface area contributed by atoms with Crippen molar-refractivity contribution in [2.75, 3.05) is 6.61 Å². The largest absolute Gasteiger partial charge is 0.378 e. The van der Waals surface area contributed by atoms with Crippen LogP contribution in [0.1, 0.15) is 45.7 Å². The first-order chi connectivity index (χ1) is 9.86. The molecule has 5 heteroatoms. The molecule has 5 nitrogen and oxygen atoms in total. The van der Waals surface area contributed by atoms with Crippen molar-refractivity contribution in [1.82, 2.24) is 5.32 Å². The average molecular weight is 292 g/mol. The molecule has 0 aliphatic heterocycles. The third-order valence-electron chi connectivity index (χ3n) is 4.60. The van der Waals surface area contributed by atoms with Crippen LogP contribution in [0.3, 0.4) is 0 Å². The quantitative estimate of drug-likeness (QED) is 0.644. The number of ether oxygens (including phenoxy) is 1. The zero-order valence-electron chi connectivity index (χ0n) is 13.1. The van der Waals surface area contributed by atoms with E-state index in [1.54, 1.807) is 12.1 Å². The zero-order chi connectivity index (χ0) is 15.6. The van der Waals surface area contributed by atoms with Crippen molar-refractivity contribution < 1.29 is 9.66 Å². The molecule has 2 rings (SSSR count). The highest BCUT2D eigenvalue weighted by Gasteiger charge is 2.49. The van der Waals surface area contributed by atoms with Gasteiger partial charge in [-0.25, -0.2) is 0 Å². The van der Waals surface area contributed by atoms with Gasteiger partial charge < -0.3 is 10.1 Å². The van der Waals surface area contributed by atoms with Crippen molar-refractivity contribution in [2.24, 2.45) is 5.41 Å². The van der Waals surface area contributed by atoms with E-state index < -0.39 is 0 Å². The molecule has 21 heavy (non-hydrogen) atoms. The van der Waals surface area contributed by atoms with E-state index in [4.69, 9.17) is 4.74 Å². The first-order valence-electron chi connectivity index (χ1n) is 7.48. The Kier molecular flexibility index (Phi) is 4.64. The summed E-state index contributed by atoms with van der Waals surface area (Å²) in [7, 11) is 0. The normalized spacial score (nSPS) is 25.1. The fourth-order valence-corrected chi connectivity index (χ4v) is 2.94. The Morgan fingerprint density at radius 3 is 2.52 bits per heavy atom. The second kappa shape index (κ2) is 6.12. The number of hydrogen-bond acceptors (Lipinski definition) is 4. The molecule has 0 bridgehead atoms. The fraction of sp³-hybridized carbons (Fsp3) is 0.625. The van der Waals surface area contributed by atoms with Gasteiger partial charge in [-0.05, 0) is 25.8 Å². The van der Waals surface area contributed by atoms with Crippen LogP contribution >= 0.6 is 0 Å². The molecule has 1 aliphatic rings. The molecule has 0 heterocycles. The van der Waals surface area contributed by atoms with Crippen LogP contribution in [0.4, 0.5) is 5.69 Å². The summed E-state index contributed by atoms with van der Waals surface area (Å²) in [5, 5.41) is 14.3. The first kappa shape index (κ1) is 15.9. The molecule has 3 atom stereocenters. The summed E-state index contributed by atoms with van der Waals surface area (Å²) in [6.07, 6.45) is 1.32.